The number of aliphatic hydroxyl groups is 1. The first kappa shape index (κ1) is 16.7. The van der Waals surface area contributed by atoms with Crippen molar-refractivity contribution in [1.29, 1.82) is 0 Å². The SMILES string of the molecule is CC(/C=C/c1ccc2c(c1)OCO2)=NNC(=O)[C@@H](O)c1ccccc1. The highest BCUT2D eigenvalue weighted by Crippen LogP contribution is 2.32. The van der Waals surface area contributed by atoms with Gasteiger partial charge in [0, 0.05) is 0 Å². The molecule has 6 heteroatoms. The largest absolute Gasteiger partial charge is 0.454 e. The van der Waals surface area contributed by atoms with Gasteiger partial charge in [-0.15, -0.1) is 0 Å². The molecule has 1 aliphatic rings. The molecule has 0 saturated heterocycles. The van der Waals surface area contributed by atoms with Gasteiger partial charge in [0.1, 0.15) is 0 Å². The third-order valence-electron chi connectivity index (χ3n) is 3.62. The summed E-state index contributed by atoms with van der Waals surface area (Å²) in [4.78, 5) is 11.9. The van der Waals surface area contributed by atoms with Crippen molar-refractivity contribution < 1.29 is 19.4 Å². The fourth-order valence-electron chi connectivity index (χ4n) is 2.26. The van der Waals surface area contributed by atoms with Crippen molar-refractivity contribution in [2.75, 3.05) is 6.79 Å². The number of carbonyl (C=O) groups is 1. The molecule has 0 bridgehead atoms. The van der Waals surface area contributed by atoms with Crippen molar-refractivity contribution in [3.05, 3.63) is 65.7 Å². The smallest absolute Gasteiger partial charge is 0.273 e. The van der Waals surface area contributed by atoms with Crippen molar-refractivity contribution in [1.82, 2.24) is 5.43 Å². The minimum atomic E-state index is -1.25. The first-order valence-corrected chi connectivity index (χ1v) is 7.78. The molecule has 0 aromatic heterocycles. The number of hydrazone groups is 1. The van der Waals surface area contributed by atoms with Crippen LogP contribution in [-0.2, 0) is 4.79 Å². The Kier molecular flexibility index (Phi) is 5.11. The van der Waals surface area contributed by atoms with E-state index in [1.807, 2.05) is 30.3 Å². The first-order chi connectivity index (χ1) is 12.1. The summed E-state index contributed by atoms with van der Waals surface area (Å²) in [7, 11) is 0. The van der Waals surface area contributed by atoms with Crippen molar-refractivity contribution in [3.8, 4) is 11.5 Å². The summed E-state index contributed by atoms with van der Waals surface area (Å²) in [6.45, 7) is 1.98. The number of ether oxygens (including phenoxy) is 2. The second-order valence-corrected chi connectivity index (χ2v) is 5.49. The van der Waals surface area contributed by atoms with Crippen LogP contribution in [-0.4, -0.2) is 23.5 Å². The summed E-state index contributed by atoms with van der Waals surface area (Å²) in [6, 6.07) is 14.3. The van der Waals surface area contributed by atoms with Crippen LogP contribution in [0.15, 0.2) is 59.7 Å². The van der Waals surface area contributed by atoms with Gasteiger partial charge in [-0.25, -0.2) is 5.43 Å². The number of carbonyl (C=O) groups excluding carboxylic acids is 1. The number of nitrogens with one attached hydrogen (secondary N) is 1. The average molecular weight is 338 g/mol. The van der Waals surface area contributed by atoms with E-state index in [0.29, 0.717) is 17.0 Å². The van der Waals surface area contributed by atoms with E-state index in [2.05, 4.69) is 10.5 Å². The van der Waals surface area contributed by atoms with Crippen LogP contribution in [0.3, 0.4) is 0 Å². The number of aliphatic hydroxyl groups excluding tert-OH is 1. The van der Waals surface area contributed by atoms with Crippen molar-refractivity contribution in [3.63, 3.8) is 0 Å². The van der Waals surface area contributed by atoms with Crippen molar-refractivity contribution in [2.24, 2.45) is 5.10 Å². The summed E-state index contributed by atoms with van der Waals surface area (Å²) in [5.74, 6) is 0.850. The molecule has 1 amide bonds. The van der Waals surface area contributed by atoms with Gasteiger partial charge in [-0.1, -0.05) is 42.5 Å². The zero-order chi connectivity index (χ0) is 17.6. The molecular weight excluding hydrogens is 320 g/mol. The highest BCUT2D eigenvalue weighted by molar-refractivity contribution is 5.97. The molecule has 0 fully saturated rings. The number of benzene rings is 2. The number of rotatable bonds is 5. The lowest BCUT2D eigenvalue weighted by Gasteiger charge is -2.08. The fraction of sp³-hybridized carbons (Fsp3) is 0.158. The van der Waals surface area contributed by atoms with Crippen LogP contribution in [0.5, 0.6) is 11.5 Å². The van der Waals surface area contributed by atoms with E-state index in [9.17, 15) is 9.90 Å². The van der Waals surface area contributed by atoms with Crippen LogP contribution in [0.4, 0.5) is 0 Å². The van der Waals surface area contributed by atoms with E-state index in [0.717, 1.165) is 11.3 Å². The maximum absolute atomic E-state index is 11.9. The van der Waals surface area contributed by atoms with E-state index >= 15 is 0 Å². The first-order valence-electron chi connectivity index (χ1n) is 7.78. The van der Waals surface area contributed by atoms with Gasteiger partial charge in [0.15, 0.2) is 17.6 Å². The fourth-order valence-corrected chi connectivity index (χ4v) is 2.26. The number of hydrogen-bond donors (Lipinski definition) is 2. The monoisotopic (exact) mass is 338 g/mol. The zero-order valence-corrected chi connectivity index (χ0v) is 13.7. The van der Waals surface area contributed by atoms with Crippen LogP contribution in [0.2, 0.25) is 0 Å². The molecular formula is C19H18N2O4. The molecule has 2 N–H and O–H groups in total. The van der Waals surface area contributed by atoms with E-state index in [4.69, 9.17) is 9.47 Å². The summed E-state index contributed by atoms with van der Waals surface area (Å²) in [6.07, 6.45) is 2.35. The lowest BCUT2D eigenvalue weighted by Crippen LogP contribution is -2.25. The molecule has 128 valence electrons. The lowest BCUT2D eigenvalue weighted by molar-refractivity contribution is -0.129. The van der Waals surface area contributed by atoms with Gasteiger partial charge < -0.3 is 14.6 Å². The Morgan fingerprint density at radius 3 is 2.76 bits per heavy atom. The summed E-state index contributed by atoms with van der Waals surface area (Å²) >= 11 is 0. The van der Waals surface area contributed by atoms with Crippen LogP contribution in [0.25, 0.3) is 6.08 Å². The second kappa shape index (κ2) is 7.63. The van der Waals surface area contributed by atoms with Gasteiger partial charge in [0.2, 0.25) is 6.79 Å². The Balaban J connectivity index is 1.59. The average Bonchev–Trinajstić information content (AvgIpc) is 3.12. The van der Waals surface area contributed by atoms with Gasteiger partial charge in [0.05, 0.1) is 5.71 Å². The molecule has 6 nitrogen and oxygen atoms in total. The summed E-state index contributed by atoms with van der Waals surface area (Å²) in [5, 5.41) is 13.9. The number of amides is 1. The molecule has 1 atom stereocenters. The maximum Gasteiger partial charge on any atom is 0.273 e. The van der Waals surface area contributed by atoms with Gasteiger partial charge in [0.25, 0.3) is 5.91 Å². The topological polar surface area (TPSA) is 80.2 Å². The highest BCUT2D eigenvalue weighted by atomic mass is 16.7. The highest BCUT2D eigenvalue weighted by Gasteiger charge is 2.16. The van der Waals surface area contributed by atoms with Crippen molar-refractivity contribution >= 4 is 17.7 Å². The minimum Gasteiger partial charge on any atom is -0.454 e. The molecule has 0 unspecified atom stereocenters. The number of hydrogen-bond acceptors (Lipinski definition) is 5. The van der Waals surface area contributed by atoms with E-state index < -0.39 is 12.0 Å². The van der Waals surface area contributed by atoms with Gasteiger partial charge in [-0.2, -0.15) is 5.10 Å². The molecule has 0 radical (unpaired) electrons. The Morgan fingerprint density at radius 1 is 1.20 bits per heavy atom. The lowest BCUT2D eigenvalue weighted by atomic mass is 10.1. The Morgan fingerprint density at radius 2 is 1.96 bits per heavy atom. The maximum atomic E-state index is 11.9. The van der Waals surface area contributed by atoms with E-state index in [-0.39, 0.29) is 6.79 Å². The van der Waals surface area contributed by atoms with Gasteiger partial charge in [-0.3, -0.25) is 4.79 Å². The van der Waals surface area contributed by atoms with Crippen LogP contribution in [0, 0.1) is 0 Å². The third kappa shape index (κ3) is 4.24. The normalized spacial score (nSPS) is 14.6. The molecule has 0 spiro atoms. The second-order valence-electron chi connectivity index (χ2n) is 5.49. The van der Waals surface area contributed by atoms with E-state index in [1.54, 1.807) is 37.3 Å². The Hall–Kier alpha value is -3.12. The minimum absolute atomic E-state index is 0.235. The quantitative estimate of drug-likeness (QED) is 0.649. The molecule has 2 aromatic carbocycles. The molecule has 3 rings (SSSR count). The predicted molar refractivity (Wildman–Crippen MR) is 94.3 cm³/mol. The van der Waals surface area contributed by atoms with Crippen LogP contribution < -0.4 is 14.9 Å². The Bertz CT molecular complexity index is 815. The van der Waals surface area contributed by atoms with E-state index in [1.165, 1.54) is 0 Å². The zero-order valence-electron chi connectivity index (χ0n) is 13.7. The van der Waals surface area contributed by atoms with Crippen molar-refractivity contribution in [2.45, 2.75) is 13.0 Å². The Labute approximate surface area is 145 Å². The molecule has 1 heterocycles. The molecule has 1 aliphatic heterocycles. The number of fused-ring (bicyclic) bond motifs is 1. The predicted octanol–water partition coefficient (Wildman–Crippen LogP) is 2.65. The molecule has 0 saturated carbocycles. The standard InChI is InChI=1S/C19H18N2O4/c1-13(7-8-14-9-10-16-17(11-14)25-12-24-16)20-21-19(23)18(22)15-5-3-2-4-6-15/h2-11,18,22H,12H2,1H3,(H,21,23)/b8-7+,20-13?/t18-/m0/s1. The number of nitrogens with zero attached hydrogens (tertiary/aromatic N) is 1. The van der Waals surface area contributed by atoms with Crippen LogP contribution >= 0.6 is 0 Å². The van der Waals surface area contributed by atoms with Gasteiger partial charge >= 0.3 is 0 Å². The molecule has 2 aromatic rings. The summed E-state index contributed by atoms with van der Waals surface area (Å²) < 4.78 is 10.6. The molecule has 25 heavy (non-hydrogen) atoms. The van der Waals surface area contributed by atoms with Crippen LogP contribution in [0.1, 0.15) is 24.2 Å². The third-order valence-corrected chi connectivity index (χ3v) is 3.62. The number of allylic oxidation sites excluding steroid dienone is 1. The van der Waals surface area contributed by atoms with Gasteiger partial charge in [-0.05, 0) is 36.3 Å². The summed E-state index contributed by atoms with van der Waals surface area (Å²) in [5.41, 5.74) is 4.39. The molecule has 0 aliphatic carbocycles.